The molecule has 2 aromatic heterocycles. The van der Waals surface area contributed by atoms with E-state index in [0.29, 0.717) is 12.4 Å². The molecule has 8 heteroatoms. The lowest BCUT2D eigenvalue weighted by Gasteiger charge is -2.13. The van der Waals surface area contributed by atoms with Gasteiger partial charge in [-0.1, -0.05) is 0 Å². The SMILES string of the molecule is Cc1cc(NC(=O)NCc2cnc(N(C)C)n2C)n(C)n1. The molecule has 0 saturated carbocycles. The van der Waals surface area contributed by atoms with Crippen molar-refractivity contribution in [3.05, 3.63) is 23.7 Å². The van der Waals surface area contributed by atoms with Crippen molar-refractivity contribution in [1.82, 2.24) is 24.6 Å². The van der Waals surface area contributed by atoms with Gasteiger partial charge in [-0.15, -0.1) is 0 Å². The fourth-order valence-electron chi connectivity index (χ4n) is 2.07. The molecule has 21 heavy (non-hydrogen) atoms. The van der Waals surface area contributed by atoms with Gasteiger partial charge in [0.15, 0.2) is 0 Å². The van der Waals surface area contributed by atoms with E-state index >= 15 is 0 Å². The van der Waals surface area contributed by atoms with Gasteiger partial charge in [-0.2, -0.15) is 5.10 Å². The average Bonchev–Trinajstić information content (AvgIpc) is 2.90. The molecule has 0 aromatic carbocycles. The number of imidazole rings is 1. The molecule has 114 valence electrons. The monoisotopic (exact) mass is 291 g/mol. The zero-order valence-corrected chi connectivity index (χ0v) is 13.0. The van der Waals surface area contributed by atoms with Gasteiger partial charge < -0.3 is 14.8 Å². The van der Waals surface area contributed by atoms with E-state index in [0.717, 1.165) is 17.3 Å². The van der Waals surface area contributed by atoms with E-state index in [1.807, 2.05) is 43.6 Å². The highest BCUT2D eigenvalue weighted by atomic mass is 16.2. The first-order chi connectivity index (χ1) is 9.88. The van der Waals surface area contributed by atoms with E-state index in [-0.39, 0.29) is 6.03 Å². The maximum absolute atomic E-state index is 11.9. The zero-order chi connectivity index (χ0) is 15.6. The quantitative estimate of drug-likeness (QED) is 0.875. The fourth-order valence-corrected chi connectivity index (χ4v) is 2.07. The Bertz CT molecular complexity index is 641. The minimum atomic E-state index is -0.273. The van der Waals surface area contributed by atoms with Gasteiger partial charge in [-0.25, -0.2) is 9.78 Å². The zero-order valence-electron chi connectivity index (χ0n) is 13.0. The molecule has 8 nitrogen and oxygen atoms in total. The molecule has 0 atom stereocenters. The van der Waals surface area contributed by atoms with Crippen molar-refractivity contribution in [2.24, 2.45) is 14.1 Å². The minimum Gasteiger partial charge on any atom is -0.348 e. The molecule has 0 radical (unpaired) electrons. The third-order valence-corrected chi connectivity index (χ3v) is 3.13. The highest BCUT2D eigenvalue weighted by molar-refractivity contribution is 5.88. The van der Waals surface area contributed by atoms with Crippen LogP contribution in [0.5, 0.6) is 0 Å². The highest BCUT2D eigenvalue weighted by Crippen LogP contribution is 2.11. The first-order valence-corrected chi connectivity index (χ1v) is 6.62. The summed E-state index contributed by atoms with van der Waals surface area (Å²) >= 11 is 0. The van der Waals surface area contributed by atoms with E-state index in [9.17, 15) is 4.79 Å². The summed E-state index contributed by atoms with van der Waals surface area (Å²) in [6.07, 6.45) is 1.75. The Kier molecular flexibility index (Phi) is 4.15. The van der Waals surface area contributed by atoms with E-state index < -0.39 is 0 Å². The largest absolute Gasteiger partial charge is 0.348 e. The van der Waals surface area contributed by atoms with Gasteiger partial charge in [0.2, 0.25) is 5.95 Å². The number of nitrogens with zero attached hydrogens (tertiary/aromatic N) is 5. The van der Waals surface area contributed by atoms with Gasteiger partial charge in [-0.3, -0.25) is 10.00 Å². The molecule has 0 aliphatic heterocycles. The summed E-state index contributed by atoms with van der Waals surface area (Å²) in [7, 11) is 7.56. The molecular weight excluding hydrogens is 270 g/mol. The first kappa shape index (κ1) is 14.9. The van der Waals surface area contributed by atoms with Crippen LogP contribution in [0.2, 0.25) is 0 Å². The molecule has 2 N–H and O–H groups in total. The molecular formula is C13H21N7O. The van der Waals surface area contributed by atoms with Crippen LogP contribution in [0.15, 0.2) is 12.3 Å². The van der Waals surface area contributed by atoms with Crippen LogP contribution in [0.3, 0.4) is 0 Å². The van der Waals surface area contributed by atoms with Crippen LogP contribution in [0.1, 0.15) is 11.4 Å². The molecule has 2 rings (SSSR count). The number of aromatic nitrogens is 4. The van der Waals surface area contributed by atoms with Crippen LogP contribution in [-0.2, 0) is 20.6 Å². The molecule has 0 spiro atoms. The summed E-state index contributed by atoms with van der Waals surface area (Å²) in [6.45, 7) is 2.28. The summed E-state index contributed by atoms with van der Waals surface area (Å²) in [6, 6.07) is 1.54. The number of aryl methyl sites for hydroxylation is 2. The van der Waals surface area contributed by atoms with E-state index in [1.54, 1.807) is 17.9 Å². The maximum Gasteiger partial charge on any atom is 0.320 e. The lowest BCUT2D eigenvalue weighted by molar-refractivity contribution is 0.251. The van der Waals surface area contributed by atoms with Gasteiger partial charge >= 0.3 is 6.03 Å². The van der Waals surface area contributed by atoms with Crippen LogP contribution in [0.4, 0.5) is 16.6 Å². The van der Waals surface area contributed by atoms with E-state index in [2.05, 4.69) is 20.7 Å². The highest BCUT2D eigenvalue weighted by Gasteiger charge is 2.10. The topological polar surface area (TPSA) is 80.0 Å². The Morgan fingerprint density at radius 3 is 2.62 bits per heavy atom. The van der Waals surface area contributed by atoms with E-state index in [1.165, 1.54) is 0 Å². The smallest absolute Gasteiger partial charge is 0.320 e. The molecule has 0 bridgehead atoms. The van der Waals surface area contributed by atoms with Crippen molar-refractivity contribution in [3.63, 3.8) is 0 Å². The Hall–Kier alpha value is -2.51. The molecule has 2 heterocycles. The van der Waals surface area contributed by atoms with Gasteiger partial charge in [-0.05, 0) is 6.92 Å². The van der Waals surface area contributed by atoms with Crippen molar-refractivity contribution >= 4 is 17.8 Å². The van der Waals surface area contributed by atoms with Crippen LogP contribution in [0.25, 0.3) is 0 Å². The number of amides is 2. The molecule has 2 amide bonds. The average molecular weight is 291 g/mol. The van der Waals surface area contributed by atoms with Crippen molar-refractivity contribution in [1.29, 1.82) is 0 Å². The van der Waals surface area contributed by atoms with Gasteiger partial charge in [0, 0.05) is 34.3 Å². The lowest BCUT2D eigenvalue weighted by Crippen LogP contribution is -2.29. The van der Waals surface area contributed by atoms with Crippen molar-refractivity contribution < 1.29 is 4.79 Å². The van der Waals surface area contributed by atoms with Crippen molar-refractivity contribution in [3.8, 4) is 0 Å². The summed E-state index contributed by atoms with van der Waals surface area (Å²) in [5, 5.41) is 9.74. The molecule has 0 aliphatic carbocycles. The number of nitrogens with one attached hydrogen (secondary N) is 2. The fraction of sp³-hybridized carbons (Fsp3) is 0.462. The predicted octanol–water partition coefficient (Wildman–Crippen LogP) is 0.850. The number of hydrogen-bond acceptors (Lipinski definition) is 4. The third-order valence-electron chi connectivity index (χ3n) is 3.13. The minimum absolute atomic E-state index is 0.273. The second-order valence-corrected chi connectivity index (χ2v) is 5.11. The van der Waals surface area contributed by atoms with Crippen LogP contribution in [0, 0.1) is 6.92 Å². The summed E-state index contributed by atoms with van der Waals surface area (Å²) in [5.74, 6) is 1.50. The third kappa shape index (κ3) is 3.33. The number of rotatable bonds is 4. The lowest BCUT2D eigenvalue weighted by atomic mass is 10.4. The molecule has 2 aromatic rings. The Morgan fingerprint density at radius 2 is 2.10 bits per heavy atom. The van der Waals surface area contributed by atoms with Gasteiger partial charge in [0.25, 0.3) is 0 Å². The second kappa shape index (κ2) is 5.86. The predicted molar refractivity (Wildman–Crippen MR) is 81.3 cm³/mol. The van der Waals surface area contributed by atoms with Crippen molar-refractivity contribution in [2.45, 2.75) is 13.5 Å². The molecule has 0 fully saturated rings. The molecule has 0 saturated heterocycles. The Balaban J connectivity index is 1.94. The molecule has 0 aliphatic rings. The summed E-state index contributed by atoms with van der Waals surface area (Å²) in [4.78, 5) is 18.1. The number of carbonyl (C=O) groups is 1. The van der Waals surface area contributed by atoms with Gasteiger partial charge in [0.1, 0.15) is 5.82 Å². The van der Waals surface area contributed by atoms with Gasteiger partial charge in [0.05, 0.1) is 24.1 Å². The second-order valence-electron chi connectivity index (χ2n) is 5.11. The standard InChI is InChI=1S/C13H21N7O/c1-9-6-11(20(5)17-9)16-12(21)14-7-10-8-15-13(18(2)3)19(10)4/h6,8H,7H2,1-5H3,(H2,14,16,21). The van der Waals surface area contributed by atoms with Crippen molar-refractivity contribution in [2.75, 3.05) is 24.3 Å². The molecule has 0 unspecified atom stereocenters. The summed E-state index contributed by atoms with van der Waals surface area (Å²) < 4.78 is 3.57. The summed E-state index contributed by atoms with van der Waals surface area (Å²) in [5.41, 5.74) is 1.78. The first-order valence-electron chi connectivity index (χ1n) is 6.62. The normalized spacial score (nSPS) is 10.5. The Labute approximate surface area is 123 Å². The number of hydrogen-bond donors (Lipinski definition) is 2. The van der Waals surface area contributed by atoms with Crippen LogP contribution < -0.4 is 15.5 Å². The van der Waals surface area contributed by atoms with Crippen LogP contribution in [-0.4, -0.2) is 39.5 Å². The Morgan fingerprint density at radius 1 is 1.38 bits per heavy atom. The van der Waals surface area contributed by atoms with Crippen LogP contribution >= 0.6 is 0 Å². The number of urea groups is 1. The number of anilines is 2. The van der Waals surface area contributed by atoms with E-state index in [4.69, 9.17) is 0 Å². The maximum atomic E-state index is 11.9. The number of carbonyl (C=O) groups excluding carboxylic acids is 1.